The average molecular weight is 508 g/mol. The fourth-order valence-corrected chi connectivity index (χ4v) is 3.66. The van der Waals surface area contributed by atoms with Gasteiger partial charge < -0.3 is 15.0 Å². The molecule has 8 nitrogen and oxygen atoms in total. The Morgan fingerprint density at radius 1 is 1.06 bits per heavy atom. The predicted molar refractivity (Wildman–Crippen MR) is 132 cm³/mol. The Hall–Kier alpha value is -2.82. The van der Waals surface area contributed by atoms with Crippen LogP contribution in [0.2, 0.25) is 0 Å². The second kappa shape index (κ2) is 13.3. The van der Waals surface area contributed by atoms with Gasteiger partial charge in [-0.2, -0.15) is 4.31 Å². The predicted octanol–water partition coefficient (Wildman–Crippen LogP) is 2.72. The lowest BCUT2D eigenvalue weighted by molar-refractivity contribution is -0.141. The number of halogens is 1. The van der Waals surface area contributed by atoms with Gasteiger partial charge in [-0.3, -0.25) is 9.59 Å². The summed E-state index contributed by atoms with van der Waals surface area (Å²) in [7, 11) is -2.33. The number of nitrogens with one attached hydrogen (secondary N) is 1. The van der Waals surface area contributed by atoms with Crippen LogP contribution in [-0.2, 0) is 30.9 Å². The lowest BCUT2D eigenvalue weighted by Gasteiger charge is -2.32. The summed E-state index contributed by atoms with van der Waals surface area (Å²) in [5, 5.41) is 2.86. The third kappa shape index (κ3) is 9.39. The molecule has 0 unspecified atom stereocenters. The van der Waals surface area contributed by atoms with Crippen LogP contribution in [0.3, 0.4) is 0 Å². The molecule has 0 aromatic heterocycles. The van der Waals surface area contributed by atoms with Crippen molar-refractivity contribution in [2.24, 2.45) is 0 Å². The zero-order valence-electron chi connectivity index (χ0n) is 20.6. The van der Waals surface area contributed by atoms with Crippen molar-refractivity contribution in [1.29, 1.82) is 0 Å². The molecule has 0 saturated carbocycles. The number of carbonyl (C=O) groups excluding carboxylic acids is 2. The van der Waals surface area contributed by atoms with Crippen molar-refractivity contribution in [2.75, 3.05) is 33.0 Å². The van der Waals surface area contributed by atoms with Gasteiger partial charge in [0, 0.05) is 26.7 Å². The molecule has 0 bridgehead atoms. The van der Waals surface area contributed by atoms with Crippen molar-refractivity contribution in [3.63, 3.8) is 0 Å². The molecule has 2 aromatic carbocycles. The Balaban J connectivity index is 2.36. The molecule has 0 aliphatic carbocycles. The summed E-state index contributed by atoms with van der Waals surface area (Å²) in [6.45, 7) is 4.22. The Morgan fingerprint density at radius 2 is 1.69 bits per heavy atom. The lowest BCUT2D eigenvalue weighted by atomic mass is 10.0. The third-order valence-electron chi connectivity index (χ3n) is 5.26. The number of nitrogens with zero attached hydrogens (tertiary/aromatic N) is 2. The van der Waals surface area contributed by atoms with Crippen LogP contribution in [-0.4, -0.2) is 68.5 Å². The first-order valence-electron chi connectivity index (χ1n) is 11.4. The normalized spacial score (nSPS) is 12.5. The highest BCUT2D eigenvalue weighted by Gasteiger charge is 2.32. The van der Waals surface area contributed by atoms with E-state index in [2.05, 4.69) is 5.32 Å². The standard InChI is InChI=1S/C25H34FN3O5S/c1-19(2)34-16-8-15-27-25(31)24(21-9-6-5-7-10-21)29(17-20-11-13-22(26)14-12-20)23(30)18-28(3)35(4,32)33/h5-7,9-14,19,24H,8,15-18H2,1-4H3,(H,27,31)/t24-/m0/s1. The zero-order valence-corrected chi connectivity index (χ0v) is 21.4. The van der Waals surface area contributed by atoms with Crippen LogP contribution in [0.15, 0.2) is 54.6 Å². The van der Waals surface area contributed by atoms with Gasteiger partial charge in [0.05, 0.1) is 18.9 Å². The van der Waals surface area contributed by atoms with Crippen molar-refractivity contribution in [1.82, 2.24) is 14.5 Å². The molecule has 0 saturated heterocycles. The summed E-state index contributed by atoms with van der Waals surface area (Å²) < 4.78 is 43.8. The van der Waals surface area contributed by atoms with Crippen molar-refractivity contribution >= 4 is 21.8 Å². The fourth-order valence-electron chi connectivity index (χ4n) is 3.32. The van der Waals surface area contributed by atoms with E-state index in [0.29, 0.717) is 30.7 Å². The maximum atomic E-state index is 13.5. The largest absolute Gasteiger partial charge is 0.379 e. The van der Waals surface area contributed by atoms with Crippen LogP contribution in [0.1, 0.15) is 37.4 Å². The smallest absolute Gasteiger partial charge is 0.247 e. The molecule has 0 spiro atoms. The molecule has 2 aromatic rings. The van der Waals surface area contributed by atoms with E-state index < -0.39 is 40.2 Å². The van der Waals surface area contributed by atoms with Gasteiger partial charge in [-0.05, 0) is 43.5 Å². The van der Waals surface area contributed by atoms with Gasteiger partial charge in [0.1, 0.15) is 11.9 Å². The van der Waals surface area contributed by atoms with Crippen LogP contribution in [0, 0.1) is 5.82 Å². The minimum Gasteiger partial charge on any atom is -0.379 e. The number of hydrogen-bond donors (Lipinski definition) is 1. The Morgan fingerprint density at radius 3 is 2.26 bits per heavy atom. The van der Waals surface area contributed by atoms with Crippen LogP contribution >= 0.6 is 0 Å². The number of ether oxygens (including phenoxy) is 1. The van der Waals surface area contributed by atoms with E-state index in [0.717, 1.165) is 10.6 Å². The van der Waals surface area contributed by atoms with Crippen LogP contribution in [0.25, 0.3) is 0 Å². The van der Waals surface area contributed by atoms with E-state index in [4.69, 9.17) is 4.74 Å². The van der Waals surface area contributed by atoms with Crippen LogP contribution in [0.4, 0.5) is 4.39 Å². The first kappa shape index (κ1) is 28.4. The lowest BCUT2D eigenvalue weighted by Crippen LogP contribution is -2.47. The van der Waals surface area contributed by atoms with E-state index >= 15 is 0 Å². The van der Waals surface area contributed by atoms with Crippen molar-refractivity contribution in [3.05, 3.63) is 71.5 Å². The van der Waals surface area contributed by atoms with E-state index in [1.54, 1.807) is 30.3 Å². The molecule has 0 radical (unpaired) electrons. The Kier molecular flexibility index (Phi) is 10.8. The van der Waals surface area contributed by atoms with E-state index in [1.165, 1.54) is 36.2 Å². The first-order chi connectivity index (χ1) is 16.5. The number of carbonyl (C=O) groups is 2. The van der Waals surface area contributed by atoms with Crippen LogP contribution in [0.5, 0.6) is 0 Å². The second-order valence-corrected chi connectivity index (χ2v) is 10.6. The van der Waals surface area contributed by atoms with E-state index in [-0.39, 0.29) is 12.6 Å². The van der Waals surface area contributed by atoms with Gasteiger partial charge >= 0.3 is 0 Å². The summed E-state index contributed by atoms with van der Waals surface area (Å²) >= 11 is 0. The zero-order chi connectivity index (χ0) is 26.0. The second-order valence-electron chi connectivity index (χ2n) is 8.54. The third-order valence-corrected chi connectivity index (χ3v) is 6.52. The molecule has 0 fully saturated rings. The van der Waals surface area contributed by atoms with Crippen LogP contribution < -0.4 is 5.32 Å². The minimum atomic E-state index is -3.63. The maximum Gasteiger partial charge on any atom is 0.247 e. The monoisotopic (exact) mass is 507 g/mol. The van der Waals surface area contributed by atoms with Crippen molar-refractivity contribution < 1.29 is 27.1 Å². The van der Waals surface area contributed by atoms with Gasteiger partial charge in [0.25, 0.3) is 0 Å². The molecule has 0 aliphatic heterocycles. The highest BCUT2D eigenvalue weighted by Crippen LogP contribution is 2.24. The summed E-state index contributed by atoms with van der Waals surface area (Å²) in [6.07, 6.45) is 1.68. The van der Waals surface area contributed by atoms with Gasteiger partial charge in [0.2, 0.25) is 21.8 Å². The van der Waals surface area contributed by atoms with E-state index in [9.17, 15) is 22.4 Å². The molecule has 1 atom stereocenters. The van der Waals surface area contributed by atoms with Crippen molar-refractivity contribution in [3.8, 4) is 0 Å². The number of benzene rings is 2. The number of rotatable bonds is 13. The Labute approximate surface area is 207 Å². The highest BCUT2D eigenvalue weighted by molar-refractivity contribution is 7.88. The molecular formula is C25H34FN3O5S. The first-order valence-corrected chi connectivity index (χ1v) is 13.2. The minimum absolute atomic E-state index is 0.0137. The molecular weight excluding hydrogens is 473 g/mol. The molecule has 192 valence electrons. The molecule has 10 heteroatoms. The number of amides is 2. The molecule has 1 N–H and O–H groups in total. The average Bonchev–Trinajstić information content (AvgIpc) is 2.79. The summed E-state index contributed by atoms with van der Waals surface area (Å²) in [5.74, 6) is -1.39. The van der Waals surface area contributed by atoms with E-state index in [1.807, 2.05) is 13.8 Å². The highest BCUT2D eigenvalue weighted by atomic mass is 32.2. The number of likely N-dealkylation sites (N-methyl/N-ethyl adjacent to an activating group) is 1. The SMILES string of the molecule is CC(C)OCCCNC(=O)[C@H](c1ccccc1)N(Cc1ccc(F)cc1)C(=O)CN(C)S(C)(=O)=O. The van der Waals surface area contributed by atoms with Gasteiger partial charge in [-0.15, -0.1) is 0 Å². The molecule has 2 amide bonds. The van der Waals surface area contributed by atoms with Gasteiger partial charge in [-0.1, -0.05) is 42.5 Å². The van der Waals surface area contributed by atoms with Gasteiger partial charge in [-0.25, -0.2) is 12.8 Å². The summed E-state index contributed by atoms with van der Waals surface area (Å²) in [6, 6.07) is 13.4. The fraction of sp³-hybridized carbons (Fsp3) is 0.440. The molecule has 35 heavy (non-hydrogen) atoms. The quantitative estimate of drug-likeness (QED) is 0.421. The van der Waals surface area contributed by atoms with Crippen molar-refractivity contribution in [2.45, 2.75) is 39.0 Å². The molecule has 0 heterocycles. The van der Waals surface area contributed by atoms with Gasteiger partial charge in [0.15, 0.2) is 0 Å². The Bertz CT molecular complexity index is 1060. The number of sulfonamides is 1. The topological polar surface area (TPSA) is 96.0 Å². The summed E-state index contributed by atoms with van der Waals surface area (Å²) in [4.78, 5) is 28.1. The maximum absolute atomic E-state index is 13.5. The summed E-state index contributed by atoms with van der Waals surface area (Å²) in [5.41, 5.74) is 1.17. The number of hydrogen-bond acceptors (Lipinski definition) is 5. The molecule has 0 aliphatic rings. The molecule has 2 rings (SSSR count).